The highest BCUT2D eigenvalue weighted by atomic mass is 79.9. The van der Waals surface area contributed by atoms with Crippen LogP contribution in [0.15, 0.2) is 24.5 Å². The van der Waals surface area contributed by atoms with Crippen LogP contribution in [0.1, 0.15) is 5.69 Å². The predicted molar refractivity (Wildman–Crippen MR) is 114 cm³/mol. The van der Waals surface area contributed by atoms with E-state index in [-0.39, 0.29) is 5.28 Å². The molecule has 28 heavy (non-hydrogen) atoms. The Bertz CT molecular complexity index is 1200. The maximum atomic E-state index is 6.63. The number of ether oxygens (including phenoxy) is 2. The molecule has 144 valence electrons. The highest BCUT2D eigenvalue weighted by Gasteiger charge is 2.23. The van der Waals surface area contributed by atoms with Crippen LogP contribution in [-0.2, 0) is 5.33 Å². The first-order chi connectivity index (χ1) is 13.5. The summed E-state index contributed by atoms with van der Waals surface area (Å²) >= 11 is 22.7. The van der Waals surface area contributed by atoms with Crippen LogP contribution in [0.2, 0.25) is 15.3 Å². The Labute approximate surface area is 183 Å². The molecule has 6 nitrogen and oxygen atoms in total. The number of nitrogens with zero attached hydrogens (tertiary/aromatic N) is 4. The Morgan fingerprint density at radius 1 is 1.00 bits per heavy atom. The van der Waals surface area contributed by atoms with Gasteiger partial charge in [-0.15, -0.1) is 0 Å². The van der Waals surface area contributed by atoms with Crippen molar-refractivity contribution in [1.29, 1.82) is 0 Å². The Balaban J connectivity index is 2.17. The van der Waals surface area contributed by atoms with E-state index in [9.17, 15) is 0 Å². The standard InChI is InChI=1S/C18H12BrCl3N4O2/c1-27-11-4-12(28-2)15(21)13(14(11)20)10-3-8-6-23-18(22)25-16(8)26-7-9(5-19)24-17(10)26/h3-4,6-7H,5H2,1-2H3. The molecule has 0 amide bonds. The van der Waals surface area contributed by atoms with Gasteiger partial charge in [0.15, 0.2) is 5.65 Å². The summed E-state index contributed by atoms with van der Waals surface area (Å²) in [6.45, 7) is 0. The number of pyridine rings is 1. The summed E-state index contributed by atoms with van der Waals surface area (Å²) in [5, 5.41) is 2.17. The van der Waals surface area contributed by atoms with Gasteiger partial charge in [-0.25, -0.2) is 9.97 Å². The van der Waals surface area contributed by atoms with E-state index in [0.29, 0.717) is 49.3 Å². The van der Waals surface area contributed by atoms with Crippen molar-refractivity contribution in [1.82, 2.24) is 19.4 Å². The molecule has 0 aliphatic carbocycles. The van der Waals surface area contributed by atoms with E-state index in [1.807, 2.05) is 16.7 Å². The van der Waals surface area contributed by atoms with Gasteiger partial charge >= 0.3 is 0 Å². The second-order valence-corrected chi connectivity index (χ2v) is 7.47. The van der Waals surface area contributed by atoms with Crippen LogP contribution in [0.3, 0.4) is 0 Å². The van der Waals surface area contributed by atoms with Crippen molar-refractivity contribution in [2.45, 2.75) is 5.33 Å². The summed E-state index contributed by atoms with van der Waals surface area (Å²) in [7, 11) is 3.06. The first-order valence-corrected chi connectivity index (χ1v) is 10.2. The van der Waals surface area contributed by atoms with Crippen LogP contribution in [0.25, 0.3) is 27.8 Å². The molecule has 0 radical (unpaired) electrons. The molecule has 10 heteroatoms. The van der Waals surface area contributed by atoms with E-state index in [1.54, 1.807) is 12.3 Å². The minimum atomic E-state index is 0.148. The Kier molecular flexibility index (Phi) is 5.26. The zero-order chi connectivity index (χ0) is 20.0. The number of hydrogen-bond acceptors (Lipinski definition) is 5. The van der Waals surface area contributed by atoms with Gasteiger partial charge in [-0.3, -0.25) is 4.40 Å². The molecule has 0 saturated heterocycles. The molecule has 4 aromatic rings. The lowest BCUT2D eigenvalue weighted by Gasteiger charge is -2.16. The van der Waals surface area contributed by atoms with Gasteiger partial charge in [0.05, 0.1) is 30.0 Å². The average Bonchev–Trinajstić information content (AvgIpc) is 3.13. The van der Waals surface area contributed by atoms with Gasteiger partial charge in [-0.1, -0.05) is 39.1 Å². The van der Waals surface area contributed by atoms with Crippen LogP contribution in [0, 0.1) is 0 Å². The van der Waals surface area contributed by atoms with Crippen LogP contribution < -0.4 is 9.47 Å². The highest BCUT2D eigenvalue weighted by molar-refractivity contribution is 9.08. The molecule has 0 spiro atoms. The summed E-state index contributed by atoms with van der Waals surface area (Å²) in [4.78, 5) is 13.1. The SMILES string of the molecule is COc1cc(OC)c(Cl)c(-c2cc3cnc(Cl)nc3n3cc(CBr)nc23)c1Cl. The third kappa shape index (κ3) is 3.06. The van der Waals surface area contributed by atoms with Crippen LogP contribution in [-0.4, -0.2) is 33.6 Å². The summed E-state index contributed by atoms with van der Waals surface area (Å²) in [5.74, 6) is 0.881. The summed E-state index contributed by atoms with van der Waals surface area (Å²) in [6, 6.07) is 3.52. The molecular weight excluding hydrogens is 490 g/mol. The normalized spacial score (nSPS) is 11.4. The fraction of sp³-hybridized carbons (Fsp3) is 0.167. The van der Waals surface area contributed by atoms with Gasteiger partial charge in [0, 0.05) is 40.3 Å². The second-order valence-electron chi connectivity index (χ2n) is 5.82. The Morgan fingerprint density at radius 3 is 2.29 bits per heavy atom. The molecule has 0 aliphatic rings. The van der Waals surface area contributed by atoms with Crippen LogP contribution in [0.4, 0.5) is 0 Å². The summed E-state index contributed by atoms with van der Waals surface area (Å²) < 4.78 is 12.6. The van der Waals surface area contributed by atoms with E-state index in [1.165, 1.54) is 14.2 Å². The van der Waals surface area contributed by atoms with Crippen molar-refractivity contribution in [3.63, 3.8) is 0 Å². The van der Waals surface area contributed by atoms with Crippen molar-refractivity contribution >= 4 is 67.4 Å². The summed E-state index contributed by atoms with van der Waals surface area (Å²) in [6.07, 6.45) is 3.51. The molecule has 0 aliphatic heterocycles. The fourth-order valence-electron chi connectivity index (χ4n) is 3.03. The van der Waals surface area contributed by atoms with Gasteiger partial charge in [-0.2, -0.15) is 4.98 Å². The molecule has 4 rings (SSSR count). The number of imidazole rings is 1. The maximum absolute atomic E-state index is 6.63. The Morgan fingerprint density at radius 2 is 1.68 bits per heavy atom. The third-order valence-electron chi connectivity index (χ3n) is 4.27. The zero-order valence-electron chi connectivity index (χ0n) is 14.6. The molecule has 0 fully saturated rings. The van der Waals surface area contributed by atoms with Gasteiger partial charge < -0.3 is 9.47 Å². The van der Waals surface area contributed by atoms with Gasteiger partial charge in [-0.05, 0) is 17.7 Å². The van der Waals surface area contributed by atoms with Crippen LogP contribution >= 0.6 is 50.7 Å². The lowest BCUT2D eigenvalue weighted by molar-refractivity contribution is 0.395. The first-order valence-electron chi connectivity index (χ1n) is 7.98. The third-order valence-corrected chi connectivity index (χ3v) is 5.78. The fourth-order valence-corrected chi connectivity index (χ4v) is 4.13. The quantitative estimate of drug-likeness (QED) is 0.260. The second kappa shape index (κ2) is 7.55. The first kappa shape index (κ1) is 19.5. The minimum Gasteiger partial charge on any atom is -0.495 e. The van der Waals surface area contributed by atoms with E-state index in [2.05, 4.69) is 25.9 Å². The number of fused-ring (bicyclic) bond motifs is 3. The molecule has 0 unspecified atom stereocenters. The van der Waals surface area contributed by atoms with Crippen LogP contribution in [0.5, 0.6) is 11.5 Å². The lowest BCUT2D eigenvalue weighted by atomic mass is 10.0. The number of rotatable bonds is 4. The predicted octanol–water partition coefficient (Wildman–Crippen LogP) is 5.82. The molecule has 0 bridgehead atoms. The van der Waals surface area contributed by atoms with Crippen molar-refractivity contribution in [3.8, 4) is 22.6 Å². The van der Waals surface area contributed by atoms with E-state index in [0.717, 1.165) is 11.1 Å². The van der Waals surface area contributed by atoms with Gasteiger partial charge in [0.1, 0.15) is 17.1 Å². The summed E-state index contributed by atoms with van der Waals surface area (Å²) in [5.41, 5.74) is 3.30. The van der Waals surface area contributed by atoms with E-state index < -0.39 is 0 Å². The minimum absolute atomic E-state index is 0.148. The average molecular weight is 503 g/mol. The topological polar surface area (TPSA) is 61.5 Å². The monoisotopic (exact) mass is 500 g/mol. The molecule has 1 aromatic carbocycles. The smallest absolute Gasteiger partial charge is 0.224 e. The number of benzene rings is 1. The number of hydrogen-bond donors (Lipinski definition) is 0. The van der Waals surface area contributed by atoms with Crippen molar-refractivity contribution in [2.75, 3.05) is 14.2 Å². The largest absolute Gasteiger partial charge is 0.495 e. The molecule has 0 atom stereocenters. The lowest BCUT2D eigenvalue weighted by Crippen LogP contribution is -1.98. The molecular formula is C18H12BrCl3N4O2. The highest BCUT2D eigenvalue weighted by Crippen LogP contribution is 2.47. The van der Waals surface area contributed by atoms with Crippen molar-refractivity contribution in [3.05, 3.63) is 45.5 Å². The molecule has 3 heterocycles. The van der Waals surface area contributed by atoms with Crippen molar-refractivity contribution < 1.29 is 9.47 Å². The number of halogens is 4. The maximum Gasteiger partial charge on any atom is 0.224 e. The molecule has 3 aromatic heterocycles. The number of alkyl halides is 1. The zero-order valence-corrected chi connectivity index (χ0v) is 18.5. The number of aromatic nitrogens is 4. The van der Waals surface area contributed by atoms with Gasteiger partial charge in [0.2, 0.25) is 5.28 Å². The van der Waals surface area contributed by atoms with E-state index >= 15 is 0 Å². The van der Waals surface area contributed by atoms with E-state index in [4.69, 9.17) is 49.3 Å². The number of methoxy groups -OCH3 is 2. The van der Waals surface area contributed by atoms with Gasteiger partial charge in [0.25, 0.3) is 0 Å². The Hall–Kier alpha value is -1.80. The van der Waals surface area contributed by atoms with Crippen molar-refractivity contribution in [2.24, 2.45) is 0 Å². The molecule has 0 saturated carbocycles. The molecule has 0 N–H and O–H groups in total.